The number of rotatable bonds is 10. The maximum absolute atomic E-state index is 10.4. The smallest absolute Gasteiger partial charge is 0.185 e. The maximum atomic E-state index is 10.4. The molecule has 1 aromatic rings. The first-order valence-corrected chi connectivity index (χ1v) is 6.51. The number of carbonyl (C=O) groups excluding carboxylic acids is 1. The van der Waals surface area contributed by atoms with E-state index in [-0.39, 0.29) is 0 Å². The number of carbonyl (C=O) groups is 1. The predicted octanol–water partition coefficient (Wildman–Crippen LogP) is 3.36. The Kier molecular flexibility index (Phi) is 7.39. The minimum Gasteiger partial charge on any atom is -0.458 e. The molecule has 0 saturated heterocycles. The van der Waals surface area contributed by atoms with Gasteiger partial charge in [0.1, 0.15) is 5.76 Å². The number of aryl methyl sites for hydroxylation is 1. The fraction of sp³-hybridized carbons (Fsp3) is 0.643. The van der Waals surface area contributed by atoms with E-state index in [4.69, 9.17) is 9.52 Å². The first-order chi connectivity index (χ1) is 8.36. The number of hydrogen-bond donors (Lipinski definition) is 1. The Hall–Kier alpha value is -1.09. The second kappa shape index (κ2) is 8.99. The van der Waals surface area contributed by atoms with Gasteiger partial charge in [-0.2, -0.15) is 0 Å². The van der Waals surface area contributed by atoms with Crippen LogP contribution in [-0.4, -0.2) is 18.0 Å². The average molecular weight is 238 g/mol. The van der Waals surface area contributed by atoms with Gasteiger partial charge in [-0.3, -0.25) is 4.79 Å². The van der Waals surface area contributed by atoms with E-state index in [1.807, 2.05) is 6.07 Å². The van der Waals surface area contributed by atoms with Gasteiger partial charge in [-0.05, 0) is 25.0 Å². The standard InChI is InChI=1S/C14H22O3/c15-11-7-5-3-1-2-4-6-8-13-9-10-14(12-16)17-13/h9-10,12,15H,1-8,11H2. The fourth-order valence-electron chi connectivity index (χ4n) is 1.89. The molecule has 0 radical (unpaired) electrons. The van der Waals surface area contributed by atoms with Gasteiger partial charge in [0.05, 0.1) is 0 Å². The molecule has 1 rings (SSSR count). The summed E-state index contributed by atoms with van der Waals surface area (Å²) in [4.78, 5) is 10.4. The third kappa shape index (κ3) is 6.27. The van der Waals surface area contributed by atoms with Crippen LogP contribution in [0, 0.1) is 0 Å². The zero-order valence-electron chi connectivity index (χ0n) is 10.4. The van der Waals surface area contributed by atoms with Crippen LogP contribution in [0.1, 0.15) is 61.3 Å². The number of unbranched alkanes of at least 4 members (excludes halogenated alkanes) is 6. The molecule has 0 unspecified atom stereocenters. The molecule has 3 heteroatoms. The number of furan rings is 1. The Labute approximate surface area is 103 Å². The molecule has 1 aromatic heterocycles. The van der Waals surface area contributed by atoms with Gasteiger partial charge in [-0.15, -0.1) is 0 Å². The van der Waals surface area contributed by atoms with E-state index in [0.29, 0.717) is 12.4 Å². The molecule has 0 atom stereocenters. The van der Waals surface area contributed by atoms with Gasteiger partial charge in [0.25, 0.3) is 0 Å². The van der Waals surface area contributed by atoms with Crippen LogP contribution in [0.15, 0.2) is 16.5 Å². The topological polar surface area (TPSA) is 50.4 Å². The van der Waals surface area contributed by atoms with Crippen molar-refractivity contribution in [3.63, 3.8) is 0 Å². The second-order valence-corrected chi connectivity index (χ2v) is 4.37. The molecular weight excluding hydrogens is 216 g/mol. The molecular formula is C14H22O3. The Morgan fingerprint density at radius 2 is 1.65 bits per heavy atom. The highest BCUT2D eigenvalue weighted by Crippen LogP contribution is 2.12. The summed E-state index contributed by atoms with van der Waals surface area (Å²) in [5.41, 5.74) is 0. The Morgan fingerprint density at radius 1 is 1.00 bits per heavy atom. The van der Waals surface area contributed by atoms with Crippen molar-refractivity contribution in [2.45, 2.75) is 51.4 Å². The molecule has 96 valence electrons. The lowest BCUT2D eigenvalue weighted by Gasteiger charge is -2.00. The fourth-order valence-corrected chi connectivity index (χ4v) is 1.89. The quantitative estimate of drug-likeness (QED) is 0.502. The largest absolute Gasteiger partial charge is 0.458 e. The van der Waals surface area contributed by atoms with Crippen LogP contribution in [0.25, 0.3) is 0 Å². The van der Waals surface area contributed by atoms with Gasteiger partial charge in [0.2, 0.25) is 0 Å². The van der Waals surface area contributed by atoms with E-state index in [1.165, 1.54) is 25.7 Å². The zero-order chi connectivity index (χ0) is 12.3. The monoisotopic (exact) mass is 238 g/mol. The van der Waals surface area contributed by atoms with Crippen LogP contribution < -0.4 is 0 Å². The van der Waals surface area contributed by atoms with Crippen molar-refractivity contribution < 1.29 is 14.3 Å². The number of hydrogen-bond acceptors (Lipinski definition) is 3. The van der Waals surface area contributed by atoms with E-state index in [0.717, 1.165) is 37.7 Å². The Bertz CT molecular complexity index is 304. The normalized spacial score (nSPS) is 10.6. The zero-order valence-corrected chi connectivity index (χ0v) is 10.4. The Morgan fingerprint density at radius 3 is 2.24 bits per heavy atom. The van der Waals surface area contributed by atoms with Crippen LogP contribution in [-0.2, 0) is 6.42 Å². The van der Waals surface area contributed by atoms with Gasteiger partial charge in [0.15, 0.2) is 12.0 Å². The molecule has 0 aliphatic heterocycles. The third-order valence-corrected chi connectivity index (χ3v) is 2.88. The van der Waals surface area contributed by atoms with Crippen molar-refractivity contribution in [1.82, 2.24) is 0 Å². The summed E-state index contributed by atoms with van der Waals surface area (Å²) >= 11 is 0. The van der Waals surface area contributed by atoms with Crippen molar-refractivity contribution in [3.05, 3.63) is 23.7 Å². The highest BCUT2D eigenvalue weighted by atomic mass is 16.3. The summed E-state index contributed by atoms with van der Waals surface area (Å²) in [5, 5.41) is 8.62. The maximum Gasteiger partial charge on any atom is 0.185 e. The molecule has 3 nitrogen and oxygen atoms in total. The molecule has 0 spiro atoms. The van der Waals surface area contributed by atoms with E-state index < -0.39 is 0 Å². The summed E-state index contributed by atoms with van der Waals surface area (Å²) in [5.74, 6) is 1.33. The van der Waals surface area contributed by atoms with Crippen molar-refractivity contribution in [3.8, 4) is 0 Å². The van der Waals surface area contributed by atoms with Gasteiger partial charge >= 0.3 is 0 Å². The second-order valence-electron chi connectivity index (χ2n) is 4.37. The van der Waals surface area contributed by atoms with Gasteiger partial charge in [-0.25, -0.2) is 0 Å². The van der Waals surface area contributed by atoms with Crippen molar-refractivity contribution in [2.24, 2.45) is 0 Å². The van der Waals surface area contributed by atoms with Crippen molar-refractivity contribution >= 4 is 6.29 Å². The molecule has 0 aliphatic rings. The lowest BCUT2D eigenvalue weighted by atomic mass is 10.1. The van der Waals surface area contributed by atoms with Crippen molar-refractivity contribution in [2.75, 3.05) is 6.61 Å². The number of aliphatic hydroxyl groups is 1. The molecule has 0 amide bonds. The molecule has 1 heterocycles. The first-order valence-electron chi connectivity index (χ1n) is 6.51. The van der Waals surface area contributed by atoms with E-state index >= 15 is 0 Å². The van der Waals surface area contributed by atoms with Crippen LogP contribution in [0.4, 0.5) is 0 Å². The van der Waals surface area contributed by atoms with Crippen LogP contribution in [0.3, 0.4) is 0 Å². The van der Waals surface area contributed by atoms with Gasteiger partial charge < -0.3 is 9.52 Å². The lowest BCUT2D eigenvalue weighted by Crippen LogP contribution is -1.86. The molecule has 17 heavy (non-hydrogen) atoms. The molecule has 0 aliphatic carbocycles. The summed E-state index contributed by atoms with van der Waals surface area (Å²) in [6, 6.07) is 3.60. The molecule has 1 N–H and O–H groups in total. The summed E-state index contributed by atoms with van der Waals surface area (Å²) in [6.07, 6.45) is 9.76. The van der Waals surface area contributed by atoms with E-state index in [9.17, 15) is 4.79 Å². The van der Waals surface area contributed by atoms with Crippen LogP contribution >= 0.6 is 0 Å². The molecule has 0 bridgehead atoms. The lowest BCUT2D eigenvalue weighted by molar-refractivity contribution is 0.109. The predicted molar refractivity (Wildman–Crippen MR) is 67.2 cm³/mol. The summed E-state index contributed by atoms with van der Waals surface area (Å²) < 4.78 is 5.30. The summed E-state index contributed by atoms with van der Waals surface area (Å²) in [6.45, 7) is 0.317. The minimum atomic E-state index is 0.317. The molecule has 0 saturated carbocycles. The highest BCUT2D eigenvalue weighted by molar-refractivity contribution is 5.70. The van der Waals surface area contributed by atoms with Crippen LogP contribution in [0.2, 0.25) is 0 Å². The highest BCUT2D eigenvalue weighted by Gasteiger charge is 2.00. The van der Waals surface area contributed by atoms with E-state index in [2.05, 4.69) is 0 Å². The minimum absolute atomic E-state index is 0.317. The van der Waals surface area contributed by atoms with Crippen molar-refractivity contribution in [1.29, 1.82) is 0 Å². The van der Waals surface area contributed by atoms with E-state index in [1.54, 1.807) is 6.07 Å². The average Bonchev–Trinajstić information content (AvgIpc) is 2.80. The number of aliphatic hydroxyl groups excluding tert-OH is 1. The SMILES string of the molecule is O=Cc1ccc(CCCCCCCCCO)o1. The number of aldehydes is 1. The Balaban J connectivity index is 1.95. The molecule has 0 aromatic carbocycles. The van der Waals surface area contributed by atoms with Gasteiger partial charge in [0, 0.05) is 13.0 Å². The molecule has 0 fully saturated rings. The first kappa shape index (κ1) is 14.0. The van der Waals surface area contributed by atoms with Gasteiger partial charge in [-0.1, -0.05) is 32.1 Å². The summed E-state index contributed by atoms with van der Waals surface area (Å²) in [7, 11) is 0. The van der Waals surface area contributed by atoms with Crippen LogP contribution in [0.5, 0.6) is 0 Å². The third-order valence-electron chi connectivity index (χ3n) is 2.88.